The largest absolute Gasteiger partial charge is 0.340 e. The fraction of sp³-hybridized carbons (Fsp3) is 0.333. The first kappa shape index (κ1) is 22.1. The number of hydrogen-bond acceptors (Lipinski definition) is 3. The lowest BCUT2D eigenvalue weighted by molar-refractivity contribution is -0.140. The minimum atomic E-state index is 0.282. The number of amides is 1. The second-order valence-corrected chi connectivity index (χ2v) is 10.0. The highest BCUT2D eigenvalue weighted by molar-refractivity contribution is 5.79. The van der Waals surface area contributed by atoms with Crippen LogP contribution in [0.4, 0.5) is 0 Å². The van der Waals surface area contributed by atoms with Crippen molar-refractivity contribution in [2.24, 2.45) is 5.92 Å². The summed E-state index contributed by atoms with van der Waals surface area (Å²) < 4.78 is 2.27. The van der Waals surface area contributed by atoms with Crippen molar-refractivity contribution in [3.8, 4) is 22.4 Å². The maximum absolute atomic E-state index is 12.7. The second-order valence-electron chi connectivity index (χ2n) is 10.0. The van der Waals surface area contributed by atoms with E-state index in [9.17, 15) is 4.79 Å². The fourth-order valence-corrected chi connectivity index (χ4v) is 5.24. The van der Waals surface area contributed by atoms with Crippen molar-refractivity contribution >= 4 is 11.6 Å². The lowest BCUT2D eigenvalue weighted by Crippen LogP contribution is -2.50. The molecule has 1 aliphatic carbocycles. The Morgan fingerprint density at radius 3 is 2.26 bits per heavy atom. The Labute approximate surface area is 207 Å². The number of nitrogens with zero attached hydrogens (tertiary/aromatic N) is 4. The van der Waals surface area contributed by atoms with Crippen LogP contribution in [0.2, 0.25) is 0 Å². The molecule has 4 aromatic rings. The van der Waals surface area contributed by atoms with Gasteiger partial charge in [0.2, 0.25) is 5.91 Å². The van der Waals surface area contributed by atoms with Crippen LogP contribution >= 0.6 is 0 Å². The summed E-state index contributed by atoms with van der Waals surface area (Å²) in [5.41, 5.74) is 8.00. The first-order valence-electron chi connectivity index (χ1n) is 12.8. The summed E-state index contributed by atoms with van der Waals surface area (Å²) in [6.07, 6.45) is 5.58. The van der Waals surface area contributed by atoms with E-state index in [1.165, 1.54) is 28.8 Å². The van der Waals surface area contributed by atoms with Gasteiger partial charge in [-0.2, -0.15) is 0 Å². The van der Waals surface area contributed by atoms with E-state index in [0.29, 0.717) is 5.91 Å². The summed E-state index contributed by atoms with van der Waals surface area (Å²) in [7, 11) is 0. The molecule has 178 valence electrons. The number of aryl methyl sites for hydroxylation is 1. The van der Waals surface area contributed by atoms with Gasteiger partial charge in [-0.1, -0.05) is 66.6 Å². The van der Waals surface area contributed by atoms with E-state index in [0.717, 1.165) is 62.5 Å². The number of hydrogen-bond donors (Lipinski definition) is 0. The number of benzene rings is 2. The van der Waals surface area contributed by atoms with Crippen molar-refractivity contribution in [3.63, 3.8) is 0 Å². The minimum absolute atomic E-state index is 0.282. The van der Waals surface area contributed by atoms with Gasteiger partial charge >= 0.3 is 0 Å². The summed E-state index contributed by atoms with van der Waals surface area (Å²) in [4.78, 5) is 22.3. The Kier molecular flexibility index (Phi) is 5.86. The smallest absolute Gasteiger partial charge is 0.225 e. The van der Waals surface area contributed by atoms with Gasteiger partial charge in [0.05, 0.1) is 11.4 Å². The van der Waals surface area contributed by atoms with Crippen LogP contribution in [0.1, 0.15) is 30.5 Å². The highest BCUT2D eigenvalue weighted by atomic mass is 16.2. The van der Waals surface area contributed by atoms with Crippen LogP contribution in [0.5, 0.6) is 0 Å². The van der Waals surface area contributed by atoms with Gasteiger partial charge in [0.1, 0.15) is 5.65 Å². The van der Waals surface area contributed by atoms with Gasteiger partial charge in [-0.25, -0.2) is 4.98 Å². The normalized spacial score (nSPS) is 17.0. The molecule has 0 bridgehead atoms. The van der Waals surface area contributed by atoms with Gasteiger partial charge in [0.15, 0.2) is 0 Å². The van der Waals surface area contributed by atoms with Crippen LogP contribution in [-0.2, 0) is 11.3 Å². The van der Waals surface area contributed by atoms with Crippen LogP contribution in [-0.4, -0.2) is 51.3 Å². The number of carbonyl (C=O) groups is 1. The Morgan fingerprint density at radius 2 is 1.57 bits per heavy atom. The molecule has 0 spiro atoms. The van der Waals surface area contributed by atoms with Crippen molar-refractivity contribution in [1.82, 2.24) is 19.2 Å². The molecule has 2 aliphatic rings. The maximum atomic E-state index is 12.7. The number of rotatable bonds is 5. The molecule has 1 amide bonds. The zero-order valence-electron chi connectivity index (χ0n) is 20.4. The van der Waals surface area contributed by atoms with Crippen molar-refractivity contribution in [2.45, 2.75) is 32.7 Å². The number of imidazole rings is 1. The van der Waals surface area contributed by atoms with Gasteiger partial charge in [-0.3, -0.25) is 9.69 Å². The standard InChI is InChI=1S/C30H32N4O/c1-22-10-12-24(13-11-22)29-27(21-32-16-18-33(19-17-32)30(35)25-8-5-9-25)34-20-26(14-15-28(34)31-29)23-6-3-2-4-7-23/h2-4,6-7,10-15,20,25H,5,8-9,16-19,21H2,1H3. The van der Waals surface area contributed by atoms with E-state index >= 15 is 0 Å². The van der Waals surface area contributed by atoms with Crippen LogP contribution in [0.25, 0.3) is 28.0 Å². The van der Waals surface area contributed by atoms with Crippen LogP contribution in [0.15, 0.2) is 72.9 Å². The number of aromatic nitrogens is 2. The Morgan fingerprint density at radius 1 is 0.857 bits per heavy atom. The highest BCUT2D eigenvalue weighted by Gasteiger charge is 2.31. The Hall–Kier alpha value is -3.44. The number of carbonyl (C=O) groups excluding carboxylic acids is 1. The van der Waals surface area contributed by atoms with Gasteiger partial charge < -0.3 is 9.30 Å². The molecule has 3 heterocycles. The van der Waals surface area contributed by atoms with Gasteiger partial charge in [0, 0.05) is 50.4 Å². The zero-order chi connectivity index (χ0) is 23.8. The van der Waals surface area contributed by atoms with Crippen LogP contribution < -0.4 is 0 Å². The topological polar surface area (TPSA) is 40.9 Å². The molecule has 0 atom stereocenters. The maximum Gasteiger partial charge on any atom is 0.225 e. The minimum Gasteiger partial charge on any atom is -0.340 e. The van der Waals surface area contributed by atoms with Gasteiger partial charge in [-0.05, 0) is 43.0 Å². The quantitative estimate of drug-likeness (QED) is 0.396. The third-order valence-corrected chi connectivity index (χ3v) is 7.66. The molecule has 5 heteroatoms. The summed E-state index contributed by atoms with van der Waals surface area (Å²) >= 11 is 0. The lowest BCUT2D eigenvalue weighted by Gasteiger charge is -2.38. The first-order chi connectivity index (χ1) is 17.2. The predicted molar refractivity (Wildman–Crippen MR) is 140 cm³/mol. The summed E-state index contributed by atoms with van der Waals surface area (Å²) in [5.74, 6) is 0.656. The average Bonchev–Trinajstić information content (AvgIpc) is 3.22. The molecule has 0 N–H and O–H groups in total. The molecule has 1 saturated carbocycles. The molecule has 0 radical (unpaired) electrons. The van der Waals surface area contributed by atoms with E-state index in [4.69, 9.17) is 4.98 Å². The van der Waals surface area contributed by atoms with E-state index < -0.39 is 0 Å². The number of piperazine rings is 1. The molecule has 1 aliphatic heterocycles. The van der Waals surface area contributed by atoms with Crippen molar-refractivity contribution in [3.05, 3.63) is 84.2 Å². The molecule has 5 nitrogen and oxygen atoms in total. The average molecular weight is 465 g/mol. The van der Waals surface area contributed by atoms with E-state index in [1.54, 1.807) is 0 Å². The van der Waals surface area contributed by atoms with Crippen molar-refractivity contribution in [2.75, 3.05) is 26.2 Å². The molecule has 2 fully saturated rings. The monoisotopic (exact) mass is 464 g/mol. The summed E-state index contributed by atoms with van der Waals surface area (Å²) in [5, 5.41) is 0. The molecule has 6 rings (SSSR count). The van der Waals surface area contributed by atoms with E-state index in [1.807, 2.05) is 0 Å². The van der Waals surface area contributed by atoms with Crippen molar-refractivity contribution < 1.29 is 4.79 Å². The number of pyridine rings is 1. The Balaban J connectivity index is 1.32. The van der Waals surface area contributed by atoms with Crippen molar-refractivity contribution in [1.29, 1.82) is 0 Å². The second kappa shape index (κ2) is 9.31. The Bertz CT molecular complexity index is 1330. The zero-order valence-corrected chi connectivity index (χ0v) is 20.4. The highest BCUT2D eigenvalue weighted by Crippen LogP contribution is 2.30. The van der Waals surface area contributed by atoms with Crippen LogP contribution in [0.3, 0.4) is 0 Å². The molecular formula is C30H32N4O. The molecule has 2 aromatic heterocycles. The van der Waals surface area contributed by atoms with Crippen LogP contribution in [0, 0.1) is 12.8 Å². The fourth-order valence-electron chi connectivity index (χ4n) is 5.24. The molecule has 2 aromatic carbocycles. The lowest BCUT2D eigenvalue weighted by atomic mass is 9.84. The SMILES string of the molecule is Cc1ccc(-c2nc3ccc(-c4ccccc4)cn3c2CN2CCN(C(=O)C3CCC3)CC2)cc1. The van der Waals surface area contributed by atoms with E-state index in [2.05, 4.69) is 94.1 Å². The van der Waals surface area contributed by atoms with E-state index in [-0.39, 0.29) is 5.92 Å². The molecular weight excluding hydrogens is 432 g/mol. The third-order valence-electron chi connectivity index (χ3n) is 7.66. The summed E-state index contributed by atoms with van der Waals surface area (Å²) in [6, 6.07) is 23.5. The number of fused-ring (bicyclic) bond motifs is 1. The van der Waals surface area contributed by atoms with Gasteiger partial charge in [0.25, 0.3) is 0 Å². The van der Waals surface area contributed by atoms with Gasteiger partial charge in [-0.15, -0.1) is 0 Å². The molecule has 1 saturated heterocycles. The predicted octanol–water partition coefficient (Wildman–Crippen LogP) is 5.42. The molecule has 0 unspecified atom stereocenters. The first-order valence-corrected chi connectivity index (χ1v) is 12.8. The third kappa shape index (κ3) is 4.37. The summed E-state index contributed by atoms with van der Waals surface area (Å²) in [6.45, 7) is 6.37. The molecule has 35 heavy (non-hydrogen) atoms.